The lowest BCUT2D eigenvalue weighted by Crippen LogP contribution is -1.95. The van der Waals surface area contributed by atoms with Gasteiger partial charge in [-0.1, -0.05) is 11.8 Å². The highest BCUT2D eigenvalue weighted by atomic mass is 32.2. The maximum Gasteiger partial charge on any atom is 0.276 e. The third kappa shape index (κ3) is 2.85. The molecular formula is C11H9FN4OS. The summed E-state index contributed by atoms with van der Waals surface area (Å²) < 4.78 is 18.6. The van der Waals surface area contributed by atoms with E-state index in [9.17, 15) is 4.39 Å². The van der Waals surface area contributed by atoms with Gasteiger partial charge in [0.1, 0.15) is 5.82 Å². The van der Waals surface area contributed by atoms with Crippen molar-refractivity contribution in [1.82, 2.24) is 10.2 Å². The summed E-state index contributed by atoms with van der Waals surface area (Å²) >= 11 is 1.20. The van der Waals surface area contributed by atoms with Gasteiger partial charge in [0.2, 0.25) is 5.89 Å². The van der Waals surface area contributed by atoms with Gasteiger partial charge in [0.15, 0.2) is 0 Å². The molecule has 0 aliphatic rings. The first-order valence-electron chi connectivity index (χ1n) is 5.06. The average molecular weight is 264 g/mol. The van der Waals surface area contributed by atoms with Gasteiger partial charge in [-0.3, -0.25) is 0 Å². The molecule has 92 valence electrons. The van der Waals surface area contributed by atoms with Crippen molar-refractivity contribution in [1.29, 1.82) is 5.26 Å². The highest BCUT2D eigenvalue weighted by Crippen LogP contribution is 2.23. The van der Waals surface area contributed by atoms with Crippen LogP contribution in [-0.2, 0) is 12.3 Å². The van der Waals surface area contributed by atoms with E-state index in [0.717, 1.165) is 0 Å². The third-order valence-corrected chi connectivity index (χ3v) is 3.02. The fourth-order valence-electron chi connectivity index (χ4n) is 1.27. The number of thioether (sulfide) groups is 1. The molecule has 0 saturated heterocycles. The minimum Gasteiger partial charge on any atom is -0.415 e. The third-order valence-electron chi connectivity index (χ3n) is 2.15. The van der Waals surface area contributed by atoms with Crippen LogP contribution >= 0.6 is 11.8 Å². The zero-order valence-corrected chi connectivity index (χ0v) is 10.1. The molecule has 0 unspecified atom stereocenters. The molecule has 18 heavy (non-hydrogen) atoms. The van der Waals surface area contributed by atoms with E-state index in [1.807, 2.05) is 6.07 Å². The zero-order chi connectivity index (χ0) is 13.0. The first-order chi connectivity index (χ1) is 8.72. The molecule has 2 aromatic rings. The summed E-state index contributed by atoms with van der Waals surface area (Å²) in [6.07, 6.45) is 0. The number of nitrogens with two attached hydrogens (primary N) is 1. The van der Waals surface area contributed by atoms with Crippen LogP contribution < -0.4 is 5.73 Å². The van der Waals surface area contributed by atoms with E-state index in [4.69, 9.17) is 15.4 Å². The van der Waals surface area contributed by atoms with E-state index >= 15 is 0 Å². The highest BCUT2D eigenvalue weighted by Gasteiger charge is 2.08. The van der Waals surface area contributed by atoms with Crippen molar-refractivity contribution in [2.45, 2.75) is 17.5 Å². The smallest absolute Gasteiger partial charge is 0.276 e. The van der Waals surface area contributed by atoms with E-state index in [1.54, 1.807) is 0 Å². The predicted octanol–water partition coefficient (Wildman–Crippen LogP) is 1.83. The largest absolute Gasteiger partial charge is 0.415 e. The van der Waals surface area contributed by atoms with Crippen LogP contribution in [0, 0.1) is 17.1 Å². The van der Waals surface area contributed by atoms with Crippen LogP contribution in [0.4, 0.5) is 4.39 Å². The lowest BCUT2D eigenvalue weighted by Gasteiger charge is -2.00. The molecule has 2 rings (SSSR count). The Kier molecular flexibility index (Phi) is 3.92. The van der Waals surface area contributed by atoms with Crippen LogP contribution in [0.1, 0.15) is 17.0 Å². The van der Waals surface area contributed by atoms with Gasteiger partial charge in [-0.05, 0) is 23.8 Å². The summed E-state index contributed by atoms with van der Waals surface area (Å²) in [7, 11) is 0. The number of nitrogens with zero attached hydrogens (tertiary/aromatic N) is 3. The Hall–Kier alpha value is -1.91. The molecule has 0 bridgehead atoms. The standard InChI is InChI=1S/C11H9FN4OS/c12-9-2-1-7(4-13)3-8(9)6-18-11-16-15-10(5-14)17-11/h1-3H,5-6,14H2. The molecule has 7 heteroatoms. The number of benzene rings is 1. The van der Waals surface area contributed by atoms with Crippen molar-refractivity contribution < 1.29 is 8.81 Å². The number of hydrogen-bond acceptors (Lipinski definition) is 6. The van der Waals surface area contributed by atoms with Gasteiger partial charge in [-0.15, -0.1) is 10.2 Å². The molecule has 0 saturated carbocycles. The monoisotopic (exact) mass is 264 g/mol. The minimum absolute atomic E-state index is 0.172. The zero-order valence-electron chi connectivity index (χ0n) is 9.26. The summed E-state index contributed by atoms with van der Waals surface area (Å²) in [6, 6.07) is 6.17. The normalized spacial score (nSPS) is 10.3. The van der Waals surface area contributed by atoms with Crippen molar-refractivity contribution in [3.8, 4) is 6.07 Å². The van der Waals surface area contributed by atoms with E-state index < -0.39 is 0 Å². The SMILES string of the molecule is N#Cc1ccc(F)c(CSc2nnc(CN)o2)c1. The van der Waals surface area contributed by atoms with E-state index in [1.165, 1.54) is 30.0 Å². The van der Waals surface area contributed by atoms with E-state index in [2.05, 4.69) is 10.2 Å². The predicted molar refractivity (Wildman–Crippen MR) is 62.9 cm³/mol. The molecule has 0 fully saturated rings. The molecule has 2 N–H and O–H groups in total. The molecule has 0 aliphatic carbocycles. The summed E-state index contributed by atoms with van der Waals surface area (Å²) in [5, 5.41) is 16.5. The topological polar surface area (TPSA) is 88.7 Å². The Morgan fingerprint density at radius 3 is 2.94 bits per heavy atom. The summed E-state index contributed by atoms with van der Waals surface area (Å²) in [5.74, 6) is 0.289. The second-order valence-electron chi connectivity index (χ2n) is 3.37. The Labute approximate surface area is 107 Å². The number of nitriles is 1. The van der Waals surface area contributed by atoms with Crippen molar-refractivity contribution in [3.63, 3.8) is 0 Å². The molecule has 1 heterocycles. The van der Waals surface area contributed by atoms with Gasteiger partial charge in [-0.2, -0.15) is 5.26 Å². The average Bonchev–Trinajstić information content (AvgIpc) is 2.86. The fourth-order valence-corrected chi connectivity index (χ4v) is 2.03. The van der Waals surface area contributed by atoms with Crippen LogP contribution in [0.2, 0.25) is 0 Å². The lowest BCUT2D eigenvalue weighted by molar-refractivity contribution is 0.414. The van der Waals surface area contributed by atoms with Gasteiger partial charge in [0.05, 0.1) is 18.2 Å². The van der Waals surface area contributed by atoms with Gasteiger partial charge < -0.3 is 10.2 Å². The fraction of sp³-hybridized carbons (Fsp3) is 0.182. The lowest BCUT2D eigenvalue weighted by atomic mass is 10.1. The number of rotatable bonds is 4. The van der Waals surface area contributed by atoms with Crippen LogP contribution in [-0.4, -0.2) is 10.2 Å². The van der Waals surface area contributed by atoms with E-state index in [-0.39, 0.29) is 12.4 Å². The molecule has 0 atom stereocenters. The maximum absolute atomic E-state index is 13.5. The second kappa shape index (κ2) is 5.62. The Balaban J connectivity index is 2.08. The van der Waals surface area contributed by atoms with E-state index in [0.29, 0.717) is 28.0 Å². The number of aromatic nitrogens is 2. The Morgan fingerprint density at radius 1 is 1.44 bits per heavy atom. The minimum atomic E-state index is -0.361. The van der Waals surface area contributed by atoms with Crippen molar-refractivity contribution in [2.24, 2.45) is 5.73 Å². The molecule has 0 radical (unpaired) electrons. The molecule has 1 aromatic heterocycles. The van der Waals surface area contributed by atoms with Crippen molar-refractivity contribution in [3.05, 3.63) is 41.0 Å². The van der Waals surface area contributed by atoms with Gasteiger partial charge in [0, 0.05) is 5.75 Å². The van der Waals surface area contributed by atoms with Crippen LogP contribution in [0.5, 0.6) is 0 Å². The molecule has 0 amide bonds. The van der Waals surface area contributed by atoms with Crippen molar-refractivity contribution >= 4 is 11.8 Å². The summed E-state index contributed by atoms with van der Waals surface area (Å²) in [4.78, 5) is 0. The second-order valence-corrected chi connectivity index (χ2v) is 4.30. The van der Waals surface area contributed by atoms with Crippen LogP contribution in [0.25, 0.3) is 0 Å². The molecule has 0 spiro atoms. The molecular weight excluding hydrogens is 255 g/mol. The first-order valence-corrected chi connectivity index (χ1v) is 6.05. The van der Waals surface area contributed by atoms with Gasteiger partial charge >= 0.3 is 0 Å². The Bertz CT molecular complexity index is 593. The van der Waals surface area contributed by atoms with Crippen molar-refractivity contribution in [2.75, 3.05) is 0 Å². The maximum atomic E-state index is 13.5. The quantitative estimate of drug-likeness (QED) is 0.847. The van der Waals surface area contributed by atoms with Gasteiger partial charge in [0.25, 0.3) is 5.22 Å². The summed E-state index contributed by atoms with van der Waals surface area (Å²) in [5.41, 5.74) is 6.17. The first kappa shape index (κ1) is 12.5. The van der Waals surface area contributed by atoms with Gasteiger partial charge in [-0.25, -0.2) is 4.39 Å². The number of halogens is 1. The number of hydrogen-bond donors (Lipinski definition) is 1. The Morgan fingerprint density at radius 2 is 2.28 bits per heavy atom. The van der Waals surface area contributed by atoms with Crippen LogP contribution in [0.15, 0.2) is 27.8 Å². The molecule has 5 nitrogen and oxygen atoms in total. The highest BCUT2D eigenvalue weighted by molar-refractivity contribution is 7.98. The summed E-state index contributed by atoms with van der Waals surface area (Å²) in [6.45, 7) is 0.172. The van der Waals surface area contributed by atoms with Crippen LogP contribution in [0.3, 0.4) is 0 Å². The molecule has 1 aromatic carbocycles. The molecule has 0 aliphatic heterocycles.